The lowest BCUT2D eigenvalue weighted by Crippen LogP contribution is -2.48. The molecule has 1 aliphatic heterocycles. The maximum atomic E-state index is 13.6. The van der Waals surface area contributed by atoms with Crippen molar-refractivity contribution in [2.45, 2.75) is 17.4 Å². The Balaban J connectivity index is 1.73. The van der Waals surface area contributed by atoms with Crippen LogP contribution in [0.3, 0.4) is 0 Å². The van der Waals surface area contributed by atoms with Crippen molar-refractivity contribution < 1.29 is 23.1 Å². The molecule has 0 fully saturated rings. The van der Waals surface area contributed by atoms with Gasteiger partial charge in [-0.1, -0.05) is 30.3 Å². The largest absolute Gasteiger partial charge is 0.324 e. The molecule has 0 aliphatic carbocycles. The van der Waals surface area contributed by atoms with E-state index < -0.39 is 31.8 Å². The molecule has 1 atom stereocenters. The van der Waals surface area contributed by atoms with E-state index in [1.807, 2.05) is 0 Å². The molecule has 3 aromatic carbocycles. The Kier molecular flexibility index (Phi) is 6.90. The standard InChI is InChI=1S/C24H20N4O7S/c29-24-23(16-17-4-2-1-3-5-17)26(36(34,35)21-12-10-20(11-13-21)28(32)33)15-14-22(25-24)18-6-8-19(9-7-18)27(30)31/h1-14,23H,15-16H2,(H,25,29)/t23-/m0/s1. The zero-order valence-corrected chi connectivity index (χ0v) is 19.5. The third-order valence-corrected chi connectivity index (χ3v) is 7.59. The van der Waals surface area contributed by atoms with E-state index >= 15 is 0 Å². The van der Waals surface area contributed by atoms with Crippen LogP contribution >= 0.6 is 0 Å². The van der Waals surface area contributed by atoms with Crippen molar-refractivity contribution in [3.05, 3.63) is 116 Å². The van der Waals surface area contributed by atoms with Gasteiger partial charge in [-0.15, -0.1) is 0 Å². The Morgan fingerprint density at radius 3 is 1.97 bits per heavy atom. The summed E-state index contributed by atoms with van der Waals surface area (Å²) in [6.07, 6.45) is 1.60. The van der Waals surface area contributed by atoms with Crippen LogP contribution in [0.4, 0.5) is 11.4 Å². The Morgan fingerprint density at radius 2 is 1.42 bits per heavy atom. The fraction of sp³-hybridized carbons (Fsp3) is 0.125. The lowest BCUT2D eigenvalue weighted by atomic mass is 10.1. The van der Waals surface area contributed by atoms with Crippen LogP contribution < -0.4 is 5.32 Å². The number of hydrogen-bond acceptors (Lipinski definition) is 7. The van der Waals surface area contributed by atoms with E-state index in [4.69, 9.17) is 0 Å². The minimum Gasteiger partial charge on any atom is -0.324 e. The number of nitro benzene ring substituents is 2. The quantitative estimate of drug-likeness (QED) is 0.380. The molecule has 0 unspecified atom stereocenters. The molecule has 12 heteroatoms. The highest BCUT2D eigenvalue weighted by Crippen LogP contribution is 2.26. The molecular formula is C24H20N4O7S. The average Bonchev–Trinajstić information content (AvgIpc) is 3.04. The fourth-order valence-electron chi connectivity index (χ4n) is 3.83. The summed E-state index contributed by atoms with van der Waals surface area (Å²) >= 11 is 0. The predicted molar refractivity (Wildman–Crippen MR) is 130 cm³/mol. The first-order chi connectivity index (χ1) is 17.2. The van der Waals surface area contributed by atoms with Gasteiger partial charge in [0.1, 0.15) is 6.04 Å². The van der Waals surface area contributed by atoms with Crippen LogP contribution in [0, 0.1) is 20.2 Å². The molecule has 1 N–H and O–H groups in total. The summed E-state index contributed by atoms with van der Waals surface area (Å²) in [5, 5.41) is 24.7. The number of benzene rings is 3. The van der Waals surface area contributed by atoms with Crippen molar-refractivity contribution >= 4 is 33.0 Å². The second kappa shape index (κ2) is 10.1. The first kappa shape index (κ1) is 24.7. The number of carbonyl (C=O) groups is 1. The summed E-state index contributed by atoms with van der Waals surface area (Å²) in [6, 6.07) is 17.8. The zero-order valence-electron chi connectivity index (χ0n) is 18.7. The minimum absolute atomic E-state index is 0.0836. The number of carbonyl (C=O) groups excluding carboxylic acids is 1. The molecule has 1 amide bonds. The highest BCUT2D eigenvalue weighted by atomic mass is 32.2. The van der Waals surface area contributed by atoms with E-state index in [-0.39, 0.29) is 29.2 Å². The molecule has 0 saturated carbocycles. The number of sulfonamides is 1. The summed E-state index contributed by atoms with van der Waals surface area (Å²) in [7, 11) is -4.24. The number of rotatable bonds is 7. The maximum absolute atomic E-state index is 13.6. The number of hydrogen-bond donors (Lipinski definition) is 1. The molecule has 0 saturated heterocycles. The molecule has 36 heavy (non-hydrogen) atoms. The number of nitrogens with zero attached hydrogens (tertiary/aromatic N) is 3. The van der Waals surface area contributed by atoms with Crippen molar-refractivity contribution in [2.24, 2.45) is 0 Å². The monoisotopic (exact) mass is 508 g/mol. The minimum atomic E-state index is -4.24. The first-order valence-electron chi connectivity index (χ1n) is 10.7. The summed E-state index contributed by atoms with van der Waals surface area (Å²) in [5.41, 5.74) is 1.14. The van der Waals surface area contributed by atoms with Crippen molar-refractivity contribution in [3.63, 3.8) is 0 Å². The van der Waals surface area contributed by atoms with Crippen molar-refractivity contribution in [1.82, 2.24) is 9.62 Å². The van der Waals surface area contributed by atoms with Gasteiger partial charge in [0.2, 0.25) is 15.9 Å². The van der Waals surface area contributed by atoms with E-state index in [0.29, 0.717) is 11.3 Å². The van der Waals surface area contributed by atoms with Crippen LogP contribution in [-0.2, 0) is 21.2 Å². The number of nitrogens with one attached hydrogen (secondary N) is 1. The predicted octanol–water partition coefficient (Wildman–Crippen LogP) is 3.28. The SMILES string of the molecule is O=C1NC(c2ccc([N+](=O)[O-])cc2)=CCN(S(=O)(=O)c2ccc([N+](=O)[O-])cc2)[C@H]1Cc1ccccc1. The smallest absolute Gasteiger partial charge is 0.269 e. The van der Waals surface area contributed by atoms with Crippen LogP contribution in [0.5, 0.6) is 0 Å². The normalized spacial score (nSPS) is 16.5. The third kappa shape index (κ3) is 5.14. The number of nitro groups is 2. The maximum Gasteiger partial charge on any atom is 0.269 e. The van der Waals surface area contributed by atoms with Crippen LogP contribution in [0.25, 0.3) is 5.70 Å². The topological polar surface area (TPSA) is 153 Å². The van der Waals surface area contributed by atoms with E-state index in [2.05, 4.69) is 5.32 Å². The van der Waals surface area contributed by atoms with Crippen molar-refractivity contribution in [3.8, 4) is 0 Å². The lowest BCUT2D eigenvalue weighted by molar-refractivity contribution is -0.385. The van der Waals surface area contributed by atoms with Gasteiger partial charge in [-0.3, -0.25) is 25.0 Å². The molecule has 0 bridgehead atoms. The van der Waals surface area contributed by atoms with Gasteiger partial charge in [-0.05, 0) is 47.9 Å². The van der Waals surface area contributed by atoms with Crippen LogP contribution in [0.15, 0.2) is 89.8 Å². The van der Waals surface area contributed by atoms with Gasteiger partial charge in [0.15, 0.2) is 0 Å². The first-order valence-corrected chi connectivity index (χ1v) is 12.2. The Hall–Kier alpha value is -4.42. The fourth-order valence-corrected chi connectivity index (χ4v) is 5.36. The third-order valence-electron chi connectivity index (χ3n) is 5.70. The van der Waals surface area contributed by atoms with Gasteiger partial charge in [-0.2, -0.15) is 4.31 Å². The molecule has 3 aromatic rings. The highest BCUT2D eigenvalue weighted by molar-refractivity contribution is 7.89. The van der Waals surface area contributed by atoms with Crippen LogP contribution in [-0.4, -0.2) is 41.1 Å². The molecule has 11 nitrogen and oxygen atoms in total. The summed E-state index contributed by atoms with van der Waals surface area (Å²) in [4.78, 5) is 33.9. The van der Waals surface area contributed by atoms with Crippen molar-refractivity contribution in [2.75, 3.05) is 6.54 Å². The van der Waals surface area contributed by atoms with E-state index in [0.717, 1.165) is 34.1 Å². The molecule has 4 rings (SSSR count). The van der Waals surface area contributed by atoms with E-state index in [1.54, 1.807) is 30.3 Å². The van der Waals surface area contributed by atoms with E-state index in [1.165, 1.54) is 30.3 Å². The molecule has 1 heterocycles. The van der Waals surface area contributed by atoms with Crippen LogP contribution in [0.1, 0.15) is 11.1 Å². The second-order valence-electron chi connectivity index (χ2n) is 7.94. The van der Waals surface area contributed by atoms with Gasteiger partial charge in [0.25, 0.3) is 11.4 Å². The van der Waals surface area contributed by atoms with Gasteiger partial charge in [0.05, 0.1) is 14.7 Å². The molecular weight excluding hydrogens is 488 g/mol. The highest BCUT2D eigenvalue weighted by Gasteiger charge is 2.37. The van der Waals surface area contributed by atoms with Crippen molar-refractivity contribution in [1.29, 1.82) is 0 Å². The number of non-ortho nitro benzene ring substituents is 2. The summed E-state index contributed by atoms with van der Waals surface area (Å²) in [6.45, 7) is -0.179. The van der Waals surface area contributed by atoms with Crippen LogP contribution in [0.2, 0.25) is 0 Å². The Bertz CT molecular complexity index is 1440. The lowest BCUT2D eigenvalue weighted by Gasteiger charge is -2.27. The van der Waals surface area contributed by atoms with Gasteiger partial charge in [0, 0.05) is 36.5 Å². The van der Waals surface area contributed by atoms with E-state index in [9.17, 15) is 33.4 Å². The number of amides is 1. The van der Waals surface area contributed by atoms with Gasteiger partial charge < -0.3 is 5.32 Å². The molecule has 0 radical (unpaired) electrons. The molecule has 0 spiro atoms. The Labute approximate surface area is 206 Å². The van der Waals surface area contributed by atoms with Gasteiger partial charge >= 0.3 is 0 Å². The molecule has 0 aromatic heterocycles. The van der Waals surface area contributed by atoms with Gasteiger partial charge in [-0.25, -0.2) is 8.42 Å². The average molecular weight is 509 g/mol. The summed E-state index contributed by atoms with van der Waals surface area (Å²) < 4.78 is 28.3. The Morgan fingerprint density at radius 1 is 0.861 bits per heavy atom. The molecule has 1 aliphatic rings. The summed E-state index contributed by atoms with van der Waals surface area (Å²) in [5.74, 6) is -0.577. The zero-order chi connectivity index (χ0) is 25.9. The molecule has 184 valence electrons. The second-order valence-corrected chi connectivity index (χ2v) is 9.83.